The van der Waals surface area contributed by atoms with Gasteiger partial charge in [-0.05, 0) is 56.4 Å². The van der Waals surface area contributed by atoms with Gasteiger partial charge in [0, 0.05) is 30.7 Å². The average Bonchev–Trinajstić information content (AvgIpc) is 2.89. The van der Waals surface area contributed by atoms with Crippen LogP contribution in [-0.2, 0) is 4.79 Å². The highest BCUT2D eigenvalue weighted by atomic mass is 16.5. The van der Waals surface area contributed by atoms with Crippen LogP contribution in [0.15, 0.2) is 48.5 Å². The zero-order valence-corrected chi connectivity index (χ0v) is 20.6. The number of para-hydroxylation sites is 1. The Morgan fingerprint density at radius 2 is 1.51 bits per heavy atom. The van der Waals surface area contributed by atoms with Gasteiger partial charge in [-0.2, -0.15) is 0 Å². The number of methoxy groups -OCH3 is 1. The van der Waals surface area contributed by atoms with Gasteiger partial charge in [0.25, 0.3) is 11.8 Å². The molecule has 0 bridgehead atoms. The average molecular weight is 478 g/mol. The molecule has 1 saturated heterocycles. The summed E-state index contributed by atoms with van der Waals surface area (Å²) in [5, 5.41) is 6.38. The number of ether oxygens (including phenoxy) is 1. The normalized spacial score (nSPS) is 22.2. The third-order valence-electron chi connectivity index (χ3n) is 7.22. The minimum absolute atomic E-state index is 0.0374. The summed E-state index contributed by atoms with van der Waals surface area (Å²) in [4.78, 5) is 41.1. The minimum atomic E-state index is -0.267. The van der Waals surface area contributed by atoms with Gasteiger partial charge in [-0.1, -0.05) is 43.2 Å². The predicted molar refractivity (Wildman–Crippen MR) is 134 cm³/mol. The van der Waals surface area contributed by atoms with E-state index in [9.17, 15) is 14.4 Å². The van der Waals surface area contributed by atoms with Crippen molar-refractivity contribution in [1.82, 2.24) is 15.5 Å². The van der Waals surface area contributed by atoms with Gasteiger partial charge < -0.3 is 20.3 Å². The zero-order chi connectivity index (χ0) is 24.8. The quantitative estimate of drug-likeness (QED) is 0.664. The van der Waals surface area contributed by atoms with Crippen LogP contribution in [0.1, 0.15) is 64.8 Å². The molecule has 3 atom stereocenters. The Kier molecular flexibility index (Phi) is 8.06. The van der Waals surface area contributed by atoms with Crippen LogP contribution >= 0.6 is 0 Å². The fourth-order valence-corrected chi connectivity index (χ4v) is 5.22. The number of nitrogens with one attached hydrogen (secondary N) is 2. The lowest BCUT2D eigenvalue weighted by atomic mass is 9.88. The van der Waals surface area contributed by atoms with E-state index in [0.717, 1.165) is 44.1 Å². The molecule has 3 amide bonds. The first kappa shape index (κ1) is 24.8. The third-order valence-corrected chi connectivity index (χ3v) is 7.22. The highest BCUT2D eigenvalue weighted by molar-refractivity contribution is 5.97. The monoisotopic (exact) mass is 477 g/mol. The first-order chi connectivity index (χ1) is 17.0. The number of nitrogens with zero attached hydrogens (tertiary/aromatic N) is 1. The molecule has 2 N–H and O–H groups in total. The smallest absolute Gasteiger partial charge is 0.257 e. The van der Waals surface area contributed by atoms with Crippen LogP contribution in [0.4, 0.5) is 0 Å². The number of carbonyl (C=O) groups excluding carboxylic acids is 3. The Labute approximate surface area is 207 Å². The fourth-order valence-electron chi connectivity index (χ4n) is 5.22. The summed E-state index contributed by atoms with van der Waals surface area (Å²) in [6.07, 6.45) is 5.23. The van der Waals surface area contributed by atoms with E-state index in [0.29, 0.717) is 30.0 Å². The summed E-state index contributed by atoms with van der Waals surface area (Å²) in [5.41, 5.74) is 2.12. The van der Waals surface area contributed by atoms with Gasteiger partial charge in [-0.3, -0.25) is 14.4 Å². The van der Waals surface area contributed by atoms with E-state index < -0.39 is 0 Å². The number of amides is 3. The summed E-state index contributed by atoms with van der Waals surface area (Å²) >= 11 is 0. The molecule has 186 valence electrons. The fraction of sp³-hybridized carbons (Fsp3) is 0.464. The van der Waals surface area contributed by atoms with E-state index in [1.54, 1.807) is 24.1 Å². The number of carbonyl (C=O) groups is 3. The van der Waals surface area contributed by atoms with Crippen molar-refractivity contribution in [2.45, 2.75) is 57.5 Å². The maximum Gasteiger partial charge on any atom is 0.257 e. The first-order valence-electron chi connectivity index (χ1n) is 12.6. The molecule has 1 aliphatic heterocycles. The lowest BCUT2D eigenvalue weighted by Gasteiger charge is -2.36. The number of hydrogen-bond donors (Lipinski definition) is 2. The molecule has 2 aromatic carbocycles. The van der Waals surface area contributed by atoms with Crippen molar-refractivity contribution in [2.24, 2.45) is 5.92 Å². The summed E-state index contributed by atoms with van der Waals surface area (Å²) in [7, 11) is 1.55. The molecule has 2 aromatic rings. The van der Waals surface area contributed by atoms with Crippen LogP contribution in [0.25, 0.3) is 0 Å². The SMILES string of the molecule is COc1ccccc1C(=O)N1CCCC(C(=O)N[C@@H]2CCCC[C@H]2NC(=O)c2ccccc2C)C1. The summed E-state index contributed by atoms with van der Waals surface area (Å²) in [6, 6.07) is 14.5. The van der Waals surface area contributed by atoms with Crippen LogP contribution in [0.2, 0.25) is 0 Å². The molecule has 1 heterocycles. The van der Waals surface area contributed by atoms with E-state index in [-0.39, 0.29) is 35.7 Å². The second-order valence-electron chi connectivity index (χ2n) is 9.59. The van der Waals surface area contributed by atoms with Gasteiger partial charge in [0.15, 0.2) is 0 Å². The molecule has 1 unspecified atom stereocenters. The van der Waals surface area contributed by atoms with Crippen LogP contribution in [0.3, 0.4) is 0 Å². The molecule has 4 rings (SSSR count). The van der Waals surface area contributed by atoms with E-state index in [4.69, 9.17) is 4.74 Å². The van der Waals surface area contributed by atoms with Crippen molar-refractivity contribution in [3.63, 3.8) is 0 Å². The zero-order valence-electron chi connectivity index (χ0n) is 20.6. The van der Waals surface area contributed by atoms with Crippen LogP contribution in [0.5, 0.6) is 5.75 Å². The van der Waals surface area contributed by atoms with Crippen molar-refractivity contribution in [2.75, 3.05) is 20.2 Å². The lowest BCUT2D eigenvalue weighted by molar-refractivity contribution is -0.127. The number of likely N-dealkylation sites (tertiary alicyclic amines) is 1. The van der Waals surface area contributed by atoms with Crippen molar-refractivity contribution < 1.29 is 19.1 Å². The Morgan fingerprint density at radius 3 is 2.23 bits per heavy atom. The number of benzene rings is 2. The Hall–Kier alpha value is -3.35. The molecule has 0 spiro atoms. The van der Waals surface area contributed by atoms with Gasteiger partial charge in [0.1, 0.15) is 5.75 Å². The minimum Gasteiger partial charge on any atom is -0.496 e. The van der Waals surface area contributed by atoms with Gasteiger partial charge in [-0.25, -0.2) is 0 Å². The largest absolute Gasteiger partial charge is 0.496 e. The van der Waals surface area contributed by atoms with Crippen molar-refractivity contribution >= 4 is 17.7 Å². The first-order valence-corrected chi connectivity index (χ1v) is 12.6. The van der Waals surface area contributed by atoms with Crippen LogP contribution in [-0.4, -0.2) is 54.9 Å². The van der Waals surface area contributed by atoms with E-state index in [1.165, 1.54) is 0 Å². The summed E-state index contributed by atoms with van der Waals surface area (Å²) in [6.45, 7) is 2.94. The van der Waals surface area contributed by atoms with Crippen LogP contribution in [0, 0.1) is 12.8 Å². The molecule has 2 fully saturated rings. The summed E-state index contributed by atoms with van der Waals surface area (Å²) in [5.74, 6) is 0.0293. The third kappa shape index (κ3) is 5.84. The van der Waals surface area contributed by atoms with Crippen LogP contribution < -0.4 is 15.4 Å². The van der Waals surface area contributed by atoms with E-state index >= 15 is 0 Å². The highest BCUT2D eigenvalue weighted by Gasteiger charge is 2.34. The second kappa shape index (κ2) is 11.4. The van der Waals surface area contributed by atoms with Crippen molar-refractivity contribution in [1.29, 1.82) is 0 Å². The molecule has 0 aromatic heterocycles. The molecule has 35 heavy (non-hydrogen) atoms. The number of rotatable bonds is 6. The molecule has 7 nitrogen and oxygen atoms in total. The summed E-state index contributed by atoms with van der Waals surface area (Å²) < 4.78 is 5.35. The molecular weight excluding hydrogens is 442 g/mol. The molecule has 1 aliphatic carbocycles. The van der Waals surface area contributed by atoms with E-state index in [1.807, 2.05) is 43.3 Å². The Bertz CT molecular complexity index is 1070. The second-order valence-corrected chi connectivity index (χ2v) is 9.59. The maximum atomic E-state index is 13.3. The standard InChI is InChI=1S/C28H35N3O4/c1-19-10-3-4-12-21(19)27(33)30-24-15-7-6-14-23(24)29-26(32)20-11-9-17-31(18-20)28(34)22-13-5-8-16-25(22)35-2/h3-5,8,10,12-13,16,20,23-24H,6-7,9,11,14-15,17-18H2,1-2H3,(H,29,32)(H,30,33)/t20?,23-,24-/m1/s1. The number of hydrogen-bond acceptors (Lipinski definition) is 4. The topological polar surface area (TPSA) is 87.7 Å². The highest BCUT2D eigenvalue weighted by Crippen LogP contribution is 2.25. The Balaban J connectivity index is 1.39. The molecule has 7 heteroatoms. The van der Waals surface area contributed by atoms with E-state index in [2.05, 4.69) is 10.6 Å². The van der Waals surface area contributed by atoms with Crippen molar-refractivity contribution in [3.05, 3.63) is 65.2 Å². The van der Waals surface area contributed by atoms with Gasteiger partial charge in [0.05, 0.1) is 18.6 Å². The maximum absolute atomic E-state index is 13.3. The molecule has 2 aliphatic rings. The van der Waals surface area contributed by atoms with Crippen molar-refractivity contribution in [3.8, 4) is 5.75 Å². The Morgan fingerprint density at radius 1 is 0.857 bits per heavy atom. The molecule has 1 saturated carbocycles. The van der Waals surface area contributed by atoms with Gasteiger partial charge >= 0.3 is 0 Å². The predicted octanol–water partition coefficient (Wildman–Crippen LogP) is 3.71. The molecular formula is C28H35N3O4. The lowest BCUT2D eigenvalue weighted by Crippen LogP contribution is -2.55. The number of aryl methyl sites for hydroxylation is 1. The molecule has 0 radical (unpaired) electrons. The number of piperidine rings is 1. The van der Waals surface area contributed by atoms with Gasteiger partial charge in [-0.15, -0.1) is 0 Å². The van der Waals surface area contributed by atoms with Gasteiger partial charge in [0.2, 0.25) is 5.91 Å².